The summed E-state index contributed by atoms with van der Waals surface area (Å²) in [5, 5.41) is 10.8. The van der Waals surface area contributed by atoms with Crippen molar-refractivity contribution in [2.75, 3.05) is 19.6 Å². The summed E-state index contributed by atoms with van der Waals surface area (Å²) in [6.07, 6.45) is 2.11. The highest BCUT2D eigenvalue weighted by molar-refractivity contribution is 6.37. The van der Waals surface area contributed by atoms with Crippen LogP contribution >= 0.6 is 23.2 Å². The molecule has 2 aromatic rings. The number of ether oxygens (including phenoxy) is 1. The van der Waals surface area contributed by atoms with Crippen molar-refractivity contribution in [1.29, 1.82) is 0 Å². The SMILES string of the molecule is O=C(NCCC1CCNC1)c1cc(COc2c(Cl)cccc2Cl)on1. The van der Waals surface area contributed by atoms with Crippen LogP contribution in [0, 0.1) is 5.92 Å². The Bertz CT molecular complexity index is 709. The topological polar surface area (TPSA) is 76.4 Å². The Morgan fingerprint density at radius 2 is 2.20 bits per heavy atom. The third kappa shape index (κ3) is 4.87. The Kier molecular flexibility index (Phi) is 6.18. The van der Waals surface area contributed by atoms with Crippen LogP contribution in [0.3, 0.4) is 0 Å². The van der Waals surface area contributed by atoms with Crippen LogP contribution in [-0.2, 0) is 6.61 Å². The highest BCUT2D eigenvalue weighted by Gasteiger charge is 2.16. The minimum Gasteiger partial charge on any atom is -0.482 e. The van der Waals surface area contributed by atoms with E-state index in [1.165, 1.54) is 0 Å². The van der Waals surface area contributed by atoms with E-state index in [4.69, 9.17) is 32.5 Å². The molecule has 1 fully saturated rings. The van der Waals surface area contributed by atoms with E-state index < -0.39 is 0 Å². The van der Waals surface area contributed by atoms with Gasteiger partial charge in [0.25, 0.3) is 5.91 Å². The molecule has 2 N–H and O–H groups in total. The lowest BCUT2D eigenvalue weighted by Gasteiger charge is -2.08. The van der Waals surface area contributed by atoms with E-state index in [2.05, 4.69) is 15.8 Å². The zero-order valence-corrected chi connectivity index (χ0v) is 15.1. The molecule has 2 heterocycles. The number of nitrogens with zero attached hydrogens (tertiary/aromatic N) is 1. The van der Waals surface area contributed by atoms with Gasteiger partial charge in [0, 0.05) is 12.6 Å². The van der Waals surface area contributed by atoms with E-state index in [-0.39, 0.29) is 18.2 Å². The van der Waals surface area contributed by atoms with Gasteiger partial charge in [-0.25, -0.2) is 0 Å². The van der Waals surface area contributed by atoms with E-state index in [9.17, 15) is 4.79 Å². The van der Waals surface area contributed by atoms with Crippen molar-refractivity contribution < 1.29 is 14.1 Å². The molecule has 1 aliphatic rings. The van der Waals surface area contributed by atoms with Crippen molar-refractivity contribution in [2.24, 2.45) is 5.92 Å². The Balaban J connectivity index is 1.48. The van der Waals surface area contributed by atoms with Gasteiger partial charge in [0.2, 0.25) is 0 Å². The van der Waals surface area contributed by atoms with Crippen LogP contribution in [0.4, 0.5) is 0 Å². The van der Waals surface area contributed by atoms with Crippen molar-refractivity contribution in [2.45, 2.75) is 19.4 Å². The maximum Gasteiger partial charge on any atom is 0.273 e. The zero-order valence-electron chi connectivity index (χ0n) is 13.6. The predicted octanol–water partition coefficient (Wildman–Crippen LogP) is 3.29. The Morgan fingerprint density at radius 3 is 2.92 bits per heavy atom. The fourth-order valence-corrected chi connectivity index (χ4v) is 3.20. The quantitative estimate of drug-likeness (QED) is 0.766. The maximum absolute atomic E-state index is 12.1. The summed E-state index contributed by atoms with van der Waals surface area (Å²) in [5.41, 5.74) is 0.230. The minimum atomic E-state index is -0.253. The van der Waals surface area contributed by atoms with Gasteiger partial charge in [-0.3, -0.25) is 4.79 Å². The summed E-state index contributed by atoms with van der Waals surface area (Å²) < 4.78 is 10.7. The fourth-order valence-electron chi connectivity index (χ4n) is 2.69. The largest absolute Gasteiger partial charge is 0.482 e. The average molecular weight is 384 g/mol. The van der Waals surface area contributed by atoms with Crippen LogP contribution in [-0.4, -0.2) is 30.7 Å². The van der Waals surface area contributed by atoms with Crippen molar-refractivity contribution in [3.05, 3.63) is 45.8 Å². The maximum atomic E-state index is 12.1. The van der Waals surface area contributed by atoms with Crippen molar-refractivity contribution in [3.63, 3.8) is 0 Å². The molecular formula is C17H19Cl2N3O3. The Labute approximate surface area is 155 Å². The summed E-state index contributed by atoms with van der Waals surface area (Å²) in [6, 6.07) is 6.65. The lowest BCUT2D eigenvalue weighted by Crippen LogP contribution is -2.26. The van der Waals surface area contributed by atoms with Gasteiger partial charge in [-0.15, -0.1) is 0 Å². The molecule has 1 saturated heterocycles. The molecule has 1 unspecified atom stereocenters. The molecule has 0 bridgehead atoms. The highest BCUT2D eigenvalue weighted by atomic mass is 35.5. The molecule has 25 heavy (non-hydrogen) atoms. The Morgan fingerprint density at radius 1 is 1.40 bits per heavy atom. The second-order valence-corrected chi connectivity index (χ2v) is 6.74. The molecule has 1 atom stereocenters. The molecule has 0 saturated carbocycles. The molecule has 0 spiro atoms. The van der Waals surface area contributed by atoms with E-state index in [1.807, 2.05) is 0 Å². The zero-order chi connectivity index (χ0) is 17.6. The van der Waals surface area contributed by atoms with E-state index in [0.717, 1.165) is 25.9 Å². The van der Waals surface area contributed by atoms with Crippen LogP contribution in [0.2, 0.25) is 10.0 Å². The highest BCUT2D eigenvalue weighted by Crippen LogP contribution is 2.32. The van der Waals surface area contributed by atoms with Crippen LogP contribution in [0.1, 0.15) is 29.1 Å². The first kappa shape index (κ1) is 18.0. The van der Waals surface area contributed by atoms with Gasteiger partial charge < -0.3 is 19.9 Å². The van der Waals surface area contributed by atoms with E-state index >= 15 is 0 Å². The summed E-state index contributed by atoms with van der Waals surface area (Å²) in [6.45, 7) is 2.78. The molecule has 6 nitrogen and oxygen atoms in total. The van der Waals surface area contributed by atoms with Gasteiger partial charge in [-0.05, 0) is 44.0 Å². The average Bonchev–Trinajstić information content (AvgIpc) is 3.26. The molecule has 134 valence electrons. The third-order valence-corrected chi connectivity index (χ3v) is 4.67. The number of hydrogen-bond acceptors (Lipinski definition) is 5. The van der Waals surface area contributed by atoms with Crippen LogP contribution in [0.5, 0.6) is 5.75 Å². The summed E-state index contributed by atoms with van der Waals surface area (Å²) >= 11 is 12.1. The van der Waals surface area contributed by atoms with Gasteiger partial charge >= 0.3 is 0 Å². The lowest BCUT2D eigenvalue weighted by molar-refractivity contribution is 0.0942. The van der Waals surface area contributed by atoms with Crippen LogP contribution in [0.25, 0.3) is 0 Å². The third-order valence-electron chi connectivity index (χ3n) is 4.07. The first-order valence-corrected chi connectivity index (χ1v) is 8.90. The van der Waals surface area contributed by atoms with Crippen molar-refractivity contribution >= 4 is 29.1 Å². The second kappa shape index (κ2) is 8.56. The van der Waals surface area contributed by atoms with Gasteiger partial charge in [0.1, 0.15) is 6.61 Å². The number of nitrogens with one attached hydrogen (secondary N) is 2. The number of amides is 1. The smallest absolute Gasteiger partial charge is 0.273 e. The Hall–Kier alpha value is -1.76. The molecule has 8 heteroatoms. The van der Waals surface area contributed by atoms with E-state index in [1.54, 1.807) is 24.3 Å². The first-order chi connectivity index (χ1) is 12.1. The number of halogens is 2. The molecule has 1 aliphatic heterocycles. The number of aromatic nitrogens is 1. The number of carbonyl (C=O) groups is 1. The lowest BCUT2D eigenvalue weighted by atomic mass is 10.1. The summed E-state index contributed by atoms with van der Waals surface area (Å²) in [5.74, 6) is 1.17. The predicted molar refractivity (Wildman–Crippen MR) is 95.2 cm³/mol. The molecule has 3 rings (SSSR count). The number of rotatable bonds is 7. The molecular weight excluding hydrogens is 365 g/mol. The minimum absolute atomic E-state index is 0.0808. The van der Waals surface area contributed by atoms with Gasteiger partial charge in [-0.1, -0.05) is 34.4 Å². The molecule has 0 radical (unpaired) electrons. The van der Waals surface area contributed by atoms with Crippen molar-refractivity contribution in [3.8, 4) is 5.75 Å². The number of para-hydroxylation sites is 1. The van der Waals surface area contributed by atoms with Gasteiger partial charge in [0.05, 0.1) is 10.0 Å². The second-order valence-electron chi connectivity index (χ2n) is 5.92. The fraction of sp³-hybridized carbons (Fsp3) is 0.412. The standard InChI is InChI=1S/C17H19Cl2N3O3/c18-13-2-1-3-14(19)16(13)24-10-12-8-15(22-25-12)17(23)21-7-5-11-4-6-20-9-11/h1-3,8,11,20H,4-7,9-10H2,(H,21,23). The molecule has 1 aromatic heterocycles. The monoisotopic (exact) mass is 383 g/mol. The summed E-state index contributed by atoms with van der Waals surface area (Å²) in [7, 11) is 0. The number of benzene rings is 1. The van der Waals surface area contributed by atoms with Crippen LogP contribution in [0.15, 0.2) is 28.8 Å². The number of carbonyl (C=O) groups excluding carboxylic acids is 1. The van der Waals surface area contributed by atoms with Crippen LogP contribution < -0.4 is 15.4 Å². The summed E-state index contributed by atoms with van der Waals surface area (Å²) in [4.78, 5) is 12.1. The van der Waals surface area contributed by atoms with Gasteiger partial charge in [-0.2, -0.15) is 0 Å². The van der Waals surface area contributed by atoms with Gasteiger partial charge in [0.15, 0.2) is 17.2 Å². The molecule has 0 aliphatic carbocycles. The normalized spacial score (nSPS) is 16.8. The molecule has 1 aromatic carbocycles. The first-order valence-electron chi connectivity index (χ1n) is 8.15. The number of hydrogen-bond donors (Lipinski definition) is 2. The molecule has 1 amide bonds. The van der Waals surface area contributed by atoms with E-state index in [0.29, 0.717) is 34.0 Å². The van der Waals surface area contributed by atoms with Crippen molar-refractivity contribution in [1.82, 2.24) is 15.8 Å².